The second kappa shape index (κ2) is 10.2. The molecule has 1 amide bonds. The van der Waals surface area contributed by atoms with E-state index < -0.39 is 0 Å². The van der Waals surface area contributed by atoms with Crippen molar-refractivity contribution in [3.8, 4) is 5.75 Å². The van der Waals surface area contributed by atoms with Gasteiger partial charge in [0.2, 0.25) is 5.91 Å². The maximum Gasteiger partial charge on any atom is 1.00 e. The number of carbonyl (C=O) groups excluding carboxylic acids is 1. The number of phenols is 1. The first-order valence-corrected chi connectivity index (χ1v) is 7.56. The van der Waals surface area contributed by atoms with Crippen molar-refractivity contribution < 1.29 is 71.9 Å². The van der Waals surface area contributed by atoms with E-state index in [-0.39, 0.29) is 73.6 Å². The van der Waals surface area contributed by atoms with Crippen molar-refractivity contribution in [1.82, 2.24) is 0 Å². The Hall–Kier alpha value is -1.21. The van der Waals surface area contributed by atoms with Crippen molar-refractivity contribution in [1.29, 1.82) is 0 Å². The zero-order valence-electron chi connectivity index (χ0n) is 17.4. The number of carbonyl (C=O) groups is 1. The van der Waals surface area contributed by atoms with Crippen molar-refractivity contribution in [2.24, 2.45) is 10.2 Å². The van der Waals surface area contributed by atoms with E-state index in [1.165, 1.54) is 6.92 Å². The van der Waals surface area contributed by atoms with E-state index in [4.69, 9.17) is 0 Å². The van der Waals surface area contributed by atoms with Crippen LogP contribution in [-0.4, -0.2) is 11.0 Å². The van der Waals surface area contributed by atoms with Gasteiger partial charge in [-0.3, -0.25) is 4.79 Å². The van der Waals surface area contributed by atoms with E-state index in [0.717, 1.165) is 16.6 Å². The maximum atomic E-state index is 11.4. The van der Waals surface area contributed by atoms with E-state index in [2.05, 4.69) is 15.5 Å². The molecule has 124 valence electrons. The first-order chi connectivity index (χ1) is 11.6. The number of rotatable bonds is 3. The van der Waals surface area contributed by atoms with Crippen LogP contribution in [0, 0.1) is 6.92 Å². The number of hydrogen-bond donors (Lipinski definition) is 2. The minimum absolute atomic E-state index is 0. The van der Waals surface area contributed by atoms with E-state index in [9.17, 15) is 9.90 Å². The Morgan fingerprint density at radius 2 is 1.65 bits per heavy atom. The fourth-order valence-electron chi connectivity index (χ4n) is 2.51. The first kappa shape index (κ1) is 22.8. The molecule has 2 N–H and O–H groups in total. The van der Waals surface area contributed by atoms with Crippen LogP contribution in [0.5, 0.6) is 5.75 Å². The summed E-state index contributed by atoms with van der Waals surface area (Å²) in [5, 5.41) is 23.1. The standard InChI is InChI=1S/C19H17N3O2.2Na.2H/c1-12-6-3-4-8-15(12)21-22-17-11-10-14-7-5-9-16(20-13(2)23)18(14)19(17)24;;;;/h3-11,24H,1-2H3,(H,20,23);;;;/q;2*+1;2*-1. The van der Waals surface area contributed by atoms with Gasteiger partial charge < -0.3 is 13.3 Å². The van der Waals surface area contributed by atoms with Crippen LogP contribution in [0.2, 0.25) is 0 Å². The second-order valence-corrected chi connectivity index (χ2v) is 5.50. The molecule has 0 saturated carbocycles. The van der Waals surface area contributed by atoms with Crippen LogP contribution in [-0.2, 0) is 4.79 Å². The summed E-state index contributed by atoms with van der Waals surface area (Å²) in [6.45, 7) is 3.38. The van der Waals surface area contributed by atoms with Crippen LogP contribution in [0.4, 0.5) is 17.1 Å². The van der Waals surface area contributed by atoms with Gasteiger partial charge in [0, 0.05) is 12.3 Å². The second-order valence-electron chi connectivity index (χ2n) is 5.50. The van der Waals surface area contributed by atoms with Crippen molar-refractivity contribution in [3.63, 3.8) is 0 Å². The molecule has 3 aromatic carbocycles. The van der Waals surface area contributed by atoms with Crippen LogP contribution >= 0.6 is 0 Å². The van der Waals surface area contributed by atoms with E-state index in [1.807, 2.05) is 49.4 Å². The van der Waals surface area contributed by atoms with Crippen molar-refractivity contribution in [2.45, 2.75) is 13.8 Å². The first-order valence-electron chi connectivity index (χ1n) is 7.56. The number of phenolic OH excluding ortho intramolecular Hbond substituents is 1. The summed E-state index contributed by atoms with van der Waals surface area (Å²) in [7, 11) is 0. The average molecular weight is 367 g/mol. The summed E-state index contributed by atoms with van der Waals surface area (Å²) >= 11 is 0. The molecule has 0 aliphatic carbocycles. The normalized spacial score (nSPS) is 10.2. The Morgan fingerprint density at radius 1 is 0.962 bits per heavy atom. The van der Waals surface area contributed by atoms with Crippen LogP contribution in [0.15, 0.2) is 64.8 Å². The monoisotopic (exact) mass is 367 g/mol. The number of azo groups is 1. The van der Waals surface area contributed by atoms with Crippen molar-refractivity contribution >= 4 is 33.7 Å². The fraction of sp³-hybridized carbons (Fsp3) is 0.105. The molecule has 5 nitrogen and oxygen atoms in total. The largest absolute Gasteiger partial charge is 1.00 e. The van der Waals surface area contributed by atoms with Gasteiger partial charge in [-0.15, -0.1) is 5.11 Å². The Bertz CT molecular complexity index is 969. The van der Waals surface area contributed by atoms with Gasteiger partial charge in [0.15, 0.2) is 5.75 Å². The Labute approximate surface area is 199 Å². The maximum absolute atomic E-state index is 11.4. The predicted molar refractivity (Wildman–Crippen MR) is 97.5 cm³/mol. The molecule has 0 bridgehead atoms. The number of nitrogens with zero attached hydrogens (tertiary/aromatic N) is 2. The van der Waals surface area contributed by atoms with Crippen LogP contribution in [0.25, 0.3) is 10.8 Å². The summed E-state index contributed by atoms with van der Waals surface area (Å²) in [6.07, 6.45) is 0. The molecular weight excluding hydrogens is 348 g/mol. The van der Waals surface area contributed by atoms with Gasteiger partial charge in [-0.2, -0.15) is 5.11 Å². The number of nitrogens with one attached hydrogen (secondary N) is 1. The Kier molecular flexibility index (Phi) is 8.96. The van der Waals surface area contributed by atoms with E-state index >= 15 is 0 Å². The summed E-state index contributed by atoms with van der Waals surface area (Å²) in [5.41, 5.74) is 2.64. The Balaban J connectivity index is 0. The van der Waals surface area contributed by atoms with Gasteiger partial charge in [-0.25, -0.2) is 0 Å². The molecule has 7 heteroatoms. The van der Waals surface area contributed by atoms with E-state index in [1.54, 1.807) is 12.1 Å². The van der Waals surface area contributed by atoms with Crippen LogP contribution in [0.1, 0.15) is 15.3 Å². The number of aromatic hydroxyl groups is 1. The third-order valence-electron chi connectivity index (χ3n) is 3.69. The van der Waals surface area contributed by atoms with Gasteiger partial charge in [0.05, 0.1) is 11.4 Å². The molecule has 0 aliphatic rings. The molecular formula is C19H19N3Na2O2. The molecule has 0 saturated heterocycles. The number of anilines is 1. The number of benzene rings is 3. The molecule has 0 atom stereocenters. The summed E-state index contributed by atoms with van der Waals surface area (Å²) in [5.74, 6) is -0.206. The number of hydrogen-bond acceptors (Lipinski definition) is 4. The van der Waals surface area contributed by atoms with Crippen LogP contribution < -0.4 is 64.4 Å². The van der Waals surface area contributed by atoms with Gasteiger partial charge in [0.1, 0.15) is 5.69 Å². The minimum Gasteiger partial charge on any atom is -1.00 e. The van der Waals surface area contributed by atoms with Crippen molar-refractivity contribution in [2.75, 3.05) is 5.32 Å². The molecule has 0 heterocycles. The summed E-state index contributed by atoms with van der Waals surface area (Å²) in [4.78, 5) is 11.4. The van der Waals surface area contributed by atoms with Crippen molar-refractivity contribution in [3.05, 3.63) is 60.2 Å². The zero-order valence-corrected chi connectivity index (χ0v) is 19.4. The number of aryl methyl sites for hydroxylation is 1. The molecule has 0 aliphatic heterocycles. The zero-order chi connectivity index (χ0) is 17.1. The molecule has 0 radical (unpaired) electrons. The Morgan fingerprint density at radius 3 is 2.35 bits per heavy atom. The molecule has 3 aromatic rings. The number of fused-ring (bicyclic) bond motifs is 1. The minimum atomic E-state index is -0.200. The van der Waals surface area contributed by atoms with Gasteiger partial charge >= 0.3 is 59.1 Å². The molecule has 3 rings (SSSR count). The van der Waals surface area contributed by atoms with E-state index in [0.29, 0.717) is 16.8 Å². The predicted octanol–water partition coefficient (Wildman–Crippen LogP) is -0.539. The summed E-state index contributed by atoms with van der Waals surface area (Å²) < 4.78 is 0. The molecule has 0 aromatic heterocycles. The molecule has 0 spiro atoms. The van der Waals surface area contributed by atoms with Gasteiger partial charge in [-0.1, -0.05) is 36.4 Å². The molecule has 0 fully saturated rings. The average Bonchev–Trinajstić information content (AvgIpc) is 2.55. The molecule has 0 unspecified atom stereocenters. The molecule has 26 heavy (non-hydrogen) atoms. The SMILES string of the molecule is CC(=O)Nc1cccc2ccc(N=Nc3ccccc3C)c(O)c12.[H-].[H-].[Na+].[Na+]. The quantitative estimate of drug-likeness (QED) is 0.482. The van der Waals surface area contributed by atoms with Gasteiger partial charge in [0.25, 0.3) is 0 Å². The smallest absolute Gasteiger partial charge is 1.00 e. The number of amides is 1. The van der Waals surface area contributed by atoms with Crippen LogP contribution in [0.3, 0.4) is 0 Å². The fourth-order valence-corrected chi connectivity index (χ4v) is 2.51. The third kappa shape index (κ3) is 5.16. The topological polar surface area (TPSA) is 74.0 Å². The van der Waals surface area contributed by atoms with Gasteiger partial charge in [-0.05, 0) is 36.1 Å². The summed E-state index contributed by atoms with van der Waals surface area (Å²) in [6, 6.07) is 16.6. The third-order valence-corrected chi connectivity index (χ3v) is 3.69.